The summed E-state index contributed by atoms with van der Waals surface area (Å²) in [6.07, 6.45) is -1.79. The highest BCUT2D eigenvalue weighted by molar-refractivity contribution is 7.89. The van der Waals surface area contributed by atoms with E-state index in [9.17, 15) is 26.4 Å². The van der Waals surface area contributed by atoms with Crippen molar-refractivity contribution in [3.63, 3.8) is 0 Å². The molecule has 1 unspecified atom stereocenters. The Balaban J connectivity index is 1.46. The molecule has 1 saturated heterocycles. The lowest BCUT2D eigenvalue weighted by Gasteiger charge is -2.39. The van der Waals surface area contributed by atoms with Crippen LogP contribution >= 0.6 is 0 Å². The molecular formula is C26H32F3N3O3S. The highest BCUT2D eigenvalue weighted by atomic mass is 32.2. The maximum Gasteiger partial charge on any atom is 0.416 e. The molecule has 1 aliphatic carbocycles. The van der Waals surface area contributed by atoms with Crippen molar-refractivity contribution in [1.82, 2.24) is 14.5 Å². The maximum absolute atomic E-state index is 13.5. The van der Waals surface area contributed by atoms with Crippen molar-refractivity contribution in [2.75, 3.05) is 20.1 Å². The summed E-state index contributed by atoms with van der Waals surface area (Å²) in [5.74, 6) is -0.0297. The molecule has 6 nitrogen and oxygen atoms in total. The van der Waals surface area contributed by atoms with Crippen LogP contribution < -0.4 is 5.32 Å². The van der Waals surface area contributed by atoms with Gasteiger partial charge in [0.15, 0.2) is 0 Å². The number of alkyl halides is 3. The smallest absolute Gasteiger partial charge is 0.341 e. The molecule has 10 heteroatoms. The van der Waals surface area contributed by atoms with Gasteiger partial charge in [-0.1, -0.05) is 30.3 Å². The van der Waals surface area contributed by atoms with Gasteiger partial charge in [-0.2, -0.15) is 17.5 Å². The van der Waals surface area contributed by atoms with Gasteiger partial charge in [-0.25, -0.2) is 8.42 Å². The minimum atomic E-state index is -4.62. The second-order valence-electron chi connectivity index (χ2n) is 9.62. The van der Waals surface area contributed by atoms with E-state index in [1.54, 1.807) is 11.9 Å². The predicted molar refractivity (Wildman–Crippen MR) is 131 cm³/mol. The van der Waals surface area contributed by atoms with E-state index >= 15 is 0 Å². The normalized spacial score (nSPS) is 18.4. The number of hydrogen-bond donors (Lipinski definition) is 1. The van der Waals surface area contributed by atoms with E-state index in [-0.39, 0.29) is 22.9 Å². The van der Waals surface area contributed by atoms with Gasteiger partial charge in [-0.05, 0) is 75.4 Å². The van der Waals surface area contributed by atoms with Crippen LogP contribution in [0.1, 0.15) is 42.4 Å². The predicted octanol–water partition coefficient (Wildman–Crippen LogP) is 3.99. The second kappa shape index (κ2) is 10.5. The lowest BCUT2D eigenvalue weighted by molar-refractivity contribution is -0.137. The molecule has 1 saturated carbocycles. The van der Waals surface area contributed by atoms with Gasteiger partial charge in [0.25, 0.3) is 0 Å². The fraction of sp³-hybridized carbons (Fsp3) is 0.500. The van der Waals surface area contributed by atoms with Crippen molar-refractivity contribution in [3.05, 3.63) is 65.2 Å². The molecular weight excluding hydrogens is 491 g/mol. The van der Waals surface area contributed by atoms with Crippen LogP contribution in [-0.4, -0.2) is 61.8 Å². The number of carbonyl (C=O) groups is 1. The minimum Gasteiger partial charge on any atom is -0.341 e. The Hall–Kier alpha value is -2.43. The molecule has 0 bridgehead atoms. The van der Waals surface area contributed by atoms with Crippen molar-refractivity contribution < 1.29 is 26.4 Å². The number of rotatable bonds is 8. The minimum absolute atomic E-state index is 0.0297. The molecule has 2 fully saturated rings. The van der Waals surface area contributed by atoms with Crippen molar-refractivity contribution >= 4 is 15.9 Å². The van der Waals surface area contributed by atoms with Crippen LogP contribution in [0.5, 0.6) is 0 Å². The van der Waals surface area contributed by atoms with Gasteiger partial charge in [-0.3, -0.25) is 4.79 Å². The van der Waals surface area contributed by atoms with Crippen molar-refractivity contribution in [1.29, 1.82) is 0 Å². The molecule has 2 aromatic carbocycles. The van der Waals surface area contributed by atoms with Gasteiger partial charge in [0.05, 0.1) is 16.5 Å². The van der Waals surface area contributed by atoms with E-state index in [0.29, 0.717) is 51.3 Å². The van der Waals surface area contributed by atoms with Crippen molar-refractivity contribution in [2.24, 2.45) is 0 Å². The summed E-state index contributed by atoms with van der Waals surface area (Å²) in [5.41, 5.74) is 1.22. The zero-order valence-electron chi connectivity index (χ0n) is 20.5. The first kappa shape index (κ1) is 26.6. The maximum atomic E-state index is 13.5. The van der Waals surface area contributed by atoms with Crippen LogP contribution in [0, 0.1) is 6.92 Å². The third-order valence-electron chi connectivity index (χ3n) is 7.11. The molecule has 36 heavy (non-hydrogen) atoms. The summed E-state index contributed by atoms with van der Waals surface area (Å²) in [6, 6.07) is 10.9. The molecule has 0 aromatic heterocycles. The van der Waals surface area contributed by atoms with E-state index in [1.807, 2.05) is 31.2 Å². The van der Waals surface area contributed by atoms with E-state index in [2.05, 4.69) is 5.32 Å². The number of sulfonamides is 1. The monoisotopic (exact) mass is 523 g/mol. The van der Waals surface area contributed by atoms with Crippen LogP contribution in [-0.2, 0) is 27.4 Å². The van der Waals surface area contributed by atoms with Crippen molar-refractivity contribution in [3.8, 4) is 0 Å². The average molecular weight is 524 g/mol. The first-order valence-corrected chi connectivity index (χ1v) is 13.7. The SMILES string of the molecule is CNC(Cc1ccccc1C)C(=O)N1CCC(N(C2CC2)S(=O)(=O)c2cccc(C(F)(F)F)c2)CC1. The zero-order chi connectivity index (χ0) is 26.1. The quantitative estimate of drug-likeness (QED) is 0.568. The number of nitrogens with one attached hydrogen (secondary N) is 1. The summed E-state index contributed by atoms with van der Waals surface area (Å²) in [6.45, 7) is 2.81. The lowest BCUT2D eigenvalue weighted by atomic mass is 9.98. The highest BCUT2D eigenvalue weighted by Gasteiger charge is 2.44. The molecule has 2 aliphatic rings. The zero-order valence-corrected chi connectivity index (χ0v) is 21.3. The number of amides is 1. The Morgan fingerprint density at radius 3 is 2.28 bits per heavy atom. The van der Waals surface area contributed by atoms with Gasteiger partial charge in [0.2, 0.25) is 15.9 Å². The molecule has 2 aromatic rings. The average Bonchev–Trinajstić information content (AvgIpc) is 3.68. The second-order valence-corrected chi connectivity index (χ2v) is 11.5. The van der Waals surface area contributed by atoms with Gasteiger partial charge in [0, 0.05) is 25.2 Å². The molecule has 1 atom stereocenters. The van der Waals surface area contributed by atoms with E-state index in [4.69, 9.17) is 0 Å². The van der Waals surface area contributed by atoms with E-state index < -0.39 is 27.8 Å². The Morgan fingerprint density at radius 1 is 1.06 bits per heavy atom. The molecule has 1 N–H and O–H groups in total. The molecule has 0 spiro atoms. The molecule has 196 valence electrons. The van der Waals surface area contributed by atoms with Crippen molar-refractivity contribution in [2.45, 2.75) is 68.2 Å². The lowest BCUT2D eigenvalue weighted by Crippen LogP contribution is -2.53. The molecule has 1 aliphatic heterocycles. The number of nitrogens with zero attached hydrogens (tertiary/aromatic N) is 2. The van der Waals surface area contributed by atoms with E-state index in [0.717, 1.165) is 23.3 Å². The number of halogens is 3. The van der Waals surface area contributed by atoms with Gasteiger partial charge in [-0.15, -0.1) is 0 Å². The third-order valence-corrected chi connectivity index (χ3v) is 9.11. The van der Waals surface area contributed by atoms with Crippen LogP contribution in [0.3, 0.4) is 0 Å². The number of likely N-dealkylation sites (N-methyl/N-ethyl adjacent to an activating group) is 1. The third kappa shape index (κ3) is 5.76. The number of aryl methyl sites for hydroxylation is 1. The number of benzene rings is 2. The molecule has 0 radical (unpaired) electrons. The van der Waals surface area contributed by atoms with Gasteiger partial charge in [0.1, 0.15) is 0 Å². The Bertz CT molecular complexity index is 1190. The first-order chi connectivity index (χ1) is 17.0. The largest absolute Gasteiger partial charge is 0.416 e. The Kier molecular flexibility index (Phi) is 7.78. The van der Waals surface area contributed by atoms with Crippen LogP contribution in [0.25, 0.3) is 0 Å². The van der Waals surface area contributed by atoms with Crippen LogP contribution in [0.15, 0.2) is 53.4 Å². The van der Waals surface area contributed by atoms with E-state index in [1.165, 1.54) is 10.4 Å². The summed E-state index contributed by atoms with van der Waals surface area (Å²) >= 11 is 0. The topological polar surface area (TPSA) is 69.7 Å². The first-order valence-electron chi connectivity index (χ1n) is 12.2. The molecule has 1 heterocycles. The number of piperidine rings is 1. The Morgan fingerprint density at radius 2 is 1.69 bits per heavy atom. The standard InChI is InChI=1S/C26H32F3N3O3S/c1-18-6-3-4-7-19(18)16-24(30-2)25(33)31-14-12-22(13-15-31)32(21-10-11-21)36(34,35)23-9-5-8-20(17-23)26(27,28)29/h3-9,17,21-22,24,30H,10-16H2,1-2H3. The summed E-state index contributed by atoms with van der Waals surface area (Å²) in [4.78, 5) is 14.7. The highest BCUT2D eigenvalue weighted by Crippen LogP contribution is 2.38. The number of hydrogen-bond acceptors (Lipinski definition) is 4. The van der Waals surface area contributed by atoms with Gasteiger partial charge < -0.3 is 10.2 Å². The summed E-state index contributed by atoms with van der Waals surface area (Å²) in [5, 5.41) is 3.11. The summed E-state index contributed by atoms with van der Waals surface area (Å²) < 4.78 is 68.0. The molecule has 4 rings (SSSR count). The van der Waals surface area contributed by atoms with Crippen LogP contribution in [0.2, 0.25) is 0 Å². The fourth-order valence-corrected chi connectivity index (χ4v) is 6.88. The number of carbonyl (C=O) groups excluding carboxylic acids is 1. The summed E-state index contributed by atoms with van der Waals surface area (Å²) in [7, 11) is -2.35. The number of likely N-dealkylation sites (tertiary alicyclic amines) is 1. The fourth-order valence-electron chi connectivity index (χ4n) is 4.91. The van der Waals surface area contributed by atoms with Crippen LogP contribution in [0.4, 0.5) is 13.2 Å². The molecule has 1 amide bonds. The Labute approximate surface area is 210 Å². The van der Waals surface area contributed by atoms with Gasteiger partial charge >= 0.3 is 6.18 Å².